The molecule has 0 spiro atoms. The smallest absolute Gasteiger partial charge is 0.358 e. The third-order valence-electron chi connectivity index (χ3n) is 5.03. The SMILES string of the molecule is Cc1cc2c([c-]1C)C(C)C(C)C(C)C2C.[CH3-].[CH3-].[CH3-].[Ti+4]. The summed E-state index contributed by atoms with van der Waals surface area (Å²) in [5.74, 6) is 3.10. The Labute approximate surface area is 137 Å². The summed E-state index contributed by atoms with van der Waals surface area (Å²) in [6, 6.07) is 2.42. The summed E-state index contributed by atoms with van der Waals surface area (Å²) in [5, 5.41) is 0. The van der Waals surface area contributed by atoms with E-state index >= 15 is 0 Å². The predicted molar refractivity (Wildman–Crippen MR) is 85.9 cm³/mol. The van der Waals surface area contributed by atoms with Crippen LogP contribution in [-0.2, 0) is 21.7 Å². The van der Waals surface area contributed by atoms with Crippen LogP contribution in [-0.4, -0.2) is 0 Å². The van der Waals surface area contributed by atoms with E-state index < -0.39 is 0 Å². The molecule has 108 valence electrons. The molecular weight excluding hydrogens is 264 g/mol. The molecule has 0 aromatic heterocycles. The number of aryl methyl sites for hydroxylation is 1. The predicted octanol–water partition coefficient (Wildman–Crippen LogP) is 5.86. The van der Waals surface area contributed by atoms with Crippen LogP contribution in [0.25, 0.3) is 0 Å². The molecule has 0 saturated heterocycles. The Morgan fingerprint density at radius 1 is 0.895 bits per heavy atom. The molecule has 0 nitrogen and oxygen atoms in total. The topological polar surface area (TPSA) is 0 Å². The van der Waals surface area contributed by atoms with Crippen LogP contribution in [0.5, 0.6) is 0 Å². The van der Waals surface area contributed by atoms with E-state index in [0.717, 1.165) is 23.7 Å². The zero-order chi connectivity index (χ0) is 11.3. The van der Waals surface area contributed by atoms with Gasteiger partial charge in [-0.15, -0.1) is 0 Å². The molecular formula is C18H32Ti. The van der Waals surface area contributed by atoms with Crippen LogP contribution in [0.15, 0.2) is 6.07 Å². The van der Waals surface area contributed by atoms with E-state index in [9.17, 15) is 0 Å². The van der Waals surface area contributed by atoms with Gasteiger partial charge in [0.05, 0.1) is 0 Å². The Kier molecular flexibility index (Phi) is 10.6. The van der Waals surface area contributed by atoms with Crippen molar-refractivity contribution in [3.05, 3.63) is 50.6 Å². The Morgan fingerprint density at radius 3 is 1.79 bits per heavy atom. The first-order valence-electron chi connectivity index (χ1n) is 6.21. The van der Waals surface area contributed by atoms with Crippen LogP contribution in [0, 0.1) is 48.0 Å². The zero-order valence-corrected chi connectivity index (χ0v) is 15.9. The Morgan fingerprint density at radius 2 is 1.32 bits per heavy atom. The van der Waals surface area contributed by atoms with E-state index in [4.69, 9.17) is 0 Å². The standard InChI is InChI=1S/C15H23.3CH3.Ti/c1-8-7-14-12(5)10(3)11(4)13(6)15(14)9(8)2;;;;/h7,10-13H,1-6H3;3*1H3;/q4*-1;+4. The molecule has 1 aliphatic carbocycles. The van der Waals surface area contributed by atoms with Crippen LogP contribution < -0.4 is 0 Å². The second-order valence-electron chi connectivity index (χ2n) is 5.62. The second kappa shape index (κ2) is 8.37. The summed E-state index contributed by atoms with van der Waals surface area (Å²) in [5.41, 5.74) is 6.32. The zero-order valence-electron chi connectivity index (χ0n) is 14.4. The average Bonchev–Trinajstić information content (AvgIpc) is 2.50. The molecule has 4 atom stereocenters. The first-order valence-corrected chi connectivity index (χ1v) is 6.21. The van der Waals surface area contributed by atoms with Gasteiger partial charge in [0.15, 0.2) is 0 Å². The Bertz CT molecular complexity index is 375. The van der Waals surface area contributed by atoms with Gasteiger partial charge in [-0.2, -0.15) is 22.3 Å². The van der Waals surface area contributed by atoms with E-state index in [-0.39, 0.29) is 44.0 Å². The van der Waals surface area contributed by atoms with Crippen molar-refractivity contribution in [3.8, 4) is 0 Å². The third-order valence-corrected chi connectivity index (χ3v) is 5.03. The van der Waals surface area contributed by atoms with Crippen molar-refractivity contribution in [2.24, 2.45) is 11.8 Å². The molecule has 19 heavy (non-hydrogen) atoms. The van der Waals surface area contributed by atoms with E-state index in [1.54, 1.807) is 16.7 Å². The van der Waals surface area contributed by atoms with E-state index in [2.05, 4.69) is 47.6 Å². The molecule has 0 fully saturated rings. The van der Waals surface area contributed by atoms with Gasteiger partial charge in [0.1, 0.15) is 0 Å². The Balaban J connectivity index is -0.000000640. The molecule has 1 aromatic rings. The van der Waals surface area contributed by atoms with Gasteiger partial charge in [-0.1, -0.05) is 47.5 Å². The van der Waals surface area contributed by atoms with Crippen LogP contribution in [0.1, 0.15) is 61.8 Å². The van der Waals surface area contributed by atoms with Crippen molar-refractivity contribution in [1.29, 1.82) is 0 Å². The summed E-state index contributed by atoms with van der Waals surface area (Å²) < 4.78 is 0. The monoisotopic (exact) mass is 296 g/mol. The van der Waals surface area contributed by atoms with Crippen molar-refractivity contribution >= 4 is 0 Å². The van der Waals surface area contributed by atoms with E-state index in [1.807, 2.05) is 0 Å². The van der Waals surface area contributed by atoms with Crippen LogP contribution in [0.3, 0.4) is 0 Å². The first-order chi connectivity index (χ1) is 6.95. The fraction of sp³-hybridized carbons (Fsp3) is 0.556. The summed E-state index contributed by atoms with van der Waals surface area (Å²) in [4.78, 5) is 0. The van der Waals surface area contributed by atoms with Crippen LogP contribution in [0.4, 0.5) is 0 Å². The minimum absolute atomic E-state index is 0. The molecule has 0 N–H and O–H groups in total. The largest absolute Gasteiger partial charge is 4.00 e. The van der Waals surface area contributed by atoms with Gasteiger partial charge in [-0.3, -0.25) is 0 Å². The number of fused-ring (bicyclic) bond motifs is 1. The Hall–Kier alpha value is 0.0643. The molecule has 0 radical (unpaired) electrons. The van der Waals surface area contributed by atoms with Crippen LogP contribution >= 0.6 is 0 Å². The van der Waals surface area contributed by atoms with Crippen molar-refractivity contribution in [1.82, 2.24) is 0 Å². The van der Waals surface area contributed by atoms with Crippen molar-refractivity contribution in [2.45, 2.75) is 53.4 Å². The normalized spacial score (nSPS) is 27.9. The molecule has 1 aliphatic rings. The molecule has 0 saturated carbocycles. The molecule has 0 bridgehead atoms. The molecule has 0 amide bonds. The molecule has 1 aromatic carbocycles. The second-order valence-corrected chi connectivity index (χ2v) is 5.62. The van der Waals surface area contributed by atoms with Gasteiger partial charge in [0.2, 0.25) is 0 Å². The van der Waals surface area contributed by atoms with E-state index in [0.29, 0.717) is 0 Å². The average molecular weight is 296 g/mol. The fourth-order valence-electron chi connectivity index (χ4n) is 3.29. The fourth-order valence-corrected chi connectivity index (χ4v) is 3.29. The van der Waals surface area contributed by atoms with Gasteiger partial charge in [-0.25, -0.2) is 6.07 Å². The maximum absolute atomic E-state index is 2.42. The first kappa shape index (κ1) is 24.1. The van der Waals surface area contributed by atoms with Crippen molar-refractivity contribution < 1.29 is 21.7 Å². The molecule has 4 unspecified atom stereocenters. The number of rotatable bonds is 0. The van der Waals surface area contributed by atoms with Gasteiger partial charge in [0, 0.05) is 0 Å². The summed E-state index contributed by atoms with van der Waals surface area (Å²) in [7, 11) is 0. The van der Waals surface area contributed by atoms with Crippen LogP contribution in [0.2, 0.25) is 0 Å². The van der Waals surface area contributed by atoms with Gasteiger partial charge in [0.25, 0.3) is 0 Å². The molecule has 0 aliphatic heterocycles. The minimum Gasteiger partial charge on any atom is -0.358 e. The summed E-state index contributed by atoms with van der Waals surface area (Å²) in [6.07, 6.45) is 0. The molecule has 1 heteroatoms. The maximum Gasteiger partial charge on any atom is 4.00 e. The van der Waals surface area contributed by atoms with Gasteiger partial charge in [-0.05, 0) is 17.8 Å². The van der Waals surface area contributed by atoms with E-state index in [1.165, 1.54) is 5.56 Å². The summed E-state index contributed by atoms with van der Waals surface area (Å²) >= 11 is 0. The minimum atomic E-state index is 0. The van der Waals surface area contributed by atoms with Crippen molar-refractivity contribution in [3.63, 3.8) is 0 Å². The quantitative estimate of drug-likeness (QED) is 0.415. The number of hydrogen-bond donors (Lipinski definition) is 0. The van der Waals surface area contributed by atoms with Gasteiger partial charge >= 0.3 is 21.7 Å². The molecule has 2 rings (SSSR count). The molecule has 0 heterocycles. The summed E-state index contributed by atoms with van der Waals surface area (Å²) in [6.45, 7) is 14.2. The van der Waals surface area contributed by atoms with Crippen molar-refractivity contribution in [2.75, 3.05) is 0 Å². The maximum atomic E-state index is 2.42. The number of hydrogen-bond acceptors (Lipinski definition) is 0. The van der Waals surface area contributed by atoms with Gasteiger partial charge < -0.3 is 22.3 Å². The third kappa shape index (κ3) is 3.58.